The van der Waals surface area contributed by atoms with Crippen molar-refractivity contribution in [3.63, 3.8) is 0 Å². The molecule has 1 amide bonds. The van der Waals surface area contributed by atoms with Gasteiger partial charge in [0, 0.05) is 47.3 Å². The normalized spacial score (nSPS) is 11.8. The summed E-state index contributed by atoms with van der Waals surface area (Å²) in [6.07, 6.45) is 4.06. The standard InChI is InChI=1S/C20H25N3OS/c1-20(2,3)17-13-25-19(23-17)9-8-18(24)21-11-10-14-12-22-16-7-5-4-6-15(14)16/h4-7,12-13,22H,8-11H2,1-3H3,(H,21,24). The first-order valence-electron chi connectivity index (χ1n) is 8.70. The number of aryl methyl sites for hydroxylation is 1. The van der Waals surface area contributed by atoms with Gasteiger partial charge in [0.25, 0.3) is 0 Å². The minimum Gasteiger partial charge on any atom is -0.361 e. The Balaban J connectivity index is 1.45. The largest absolute Gasteiger partial charge is 0.361 e. The van der Waals surface area contributed by atoms with Crippen LogP contribution in [0.2, 0.25) is 0 Å². The number of carbonyl (C=O) groups excluding carboxylic acids is 1. The molecule has 0 fully saturated rings. The third-order valence-electron chi connectivity index (χ3n) is 4.28. The Morgan fingerprint density at radius 2 is 2.04 bits per heavy atom. The van der Waals surface area contributed by atoms with Crippen molar-refractivity contribution in [2.45, 2.75) is 45.4 Å². The second-order valence-electron chi connectivity index (χ2n) is 7.34. The number of carbonyl (C=O) groups is 1. The molecule has 25 heavy (non-hydrogen) atoms. The molecule has 0 spiro atoms. The molecule has 0 aliphatic carbocycles. The fourth-order valence-electron chi connectivity index (χ4n) is 2.75. The number of fused-ring (bicyclic) bond motifs is 1. The van der Waals surface area contributed by atoms with E-state index in [-0.39, 0.29) is 11.3 Å². The number of aromatic amines is 1. The summed E-state index contributed by atoms with van der Waals surface area (Å²) in [6, 6.07) is 8.24. The highest BCUT2D eigenvalue weighted by molar-refractivity contribution is 7.09. The van der Waals surface area contributed by atoms with E-state index in [2.05, 4.69) is 53.6 Å². The molecule has 0 bridgehead atoms. The monoisotopic (exact) mass is 355 g/mol. The van der Waals surface area contributed by atoms with Gasteiger partial charge in [0.15, 0.2) is 0 Å². The highest BCUT2D eigenvalue weighted by Crippen LogP contribution is 2.24. The van der Waals surface area contributed by atoms with Crippen molar-refractivity contribution >= 4 is 28.1 Å². The van der Waals surface area contributed by atoms with Crippen molar-refractivity contribution in [2.75, 3.05) is 6.54 Å². The zero-order valence-electron chi connectivity index (χ0n) is 15.1. The number of H-pyrrole nitrogens is 1. The number of para-hydroxylation sites is 1. The fourth-order valence-corrected chi connectivity index (χ4v) is 3.78. The lowest BCUT2D eigenvalue weighted by molar-refractivity contribution is -0.121. The first kappa shape index (κ1) is 17.7. The van der Waals surface area contributed by atoms with Crippen LogP contribution in [0.4, 0.5) is 0 Å². The van der Waals surface area contributed by atoms with E-state index in [4.69, 9.17) is 0 Å². The molecule has 132 valence electrons. The van der Waals surface area contributed by atoms with Gasteiger partial charge in [-0.25, -0.2) is 4.98 Å². The molecule has 1 aromatic carbocycles. The summed E-state index contributed by atoms with van der Waals surface area (Å²) in [5, 5.41) is 7.39. The SMILES string of the molecule is CC(C)(C)c1csc(CCC(=O)NCCc2c[nH]c3ccccc23)n1. The van der Waals surface area contributed by atoms with Crippen molar-refractivity contribution < 1.29 is 4.79 Å². The van der Waals surface area contributed by atoms with Crippen LogP contribution in [0.25, 0.3) is 10.9 Å². The maximum absolute atomic E-state index is 12.1. The topological polar surface area (TPSA) is 57.8 Å². The van der Waals surface area contributed by atoms with Crippen molar-refractivity contribution in [1.82, 2.24) is 15.3 Å². The number of nitrogens with one attached hydrogen (secondary N) is 2. The van der Waals surface area contributed by atoms with Gasteiger partial charge in [0.2, 0.25) is 5.91 Å². The van der Waals surface area contributed by atoms with E-state index in [1.807, 2.05) is 18.3 Å². The van der Waals surface area contributed by atoms with Gasteiger partial charge in [-0.2, -0.15) is 0 Å². The molecule has 0 saturated carbocycles. The first-order valence-corrected chi connectivity index (χ1v) is 9.58. The molecule has 0 aliphatic heterocycles. The Kier molecular flexibility index (Phi) is 5.23. The molecule has 0 aliphatic rings. The van der Waals surface area contributed by atoms with Crippen LogP contribution in [0, 0.1) is 0 Å². The summed E-state index contributed by atoms with van der Waals surface area (Å²) in [7, 11) is 0. The van der Waals surface area contributed by atoms with E-state index >= 15 is 0 Å². The average molecular weight is 356 g/mol. The summed E-state index contributed by atoms with van der Waals surface area (Å²) >= 11 is 1.65. The van der Waals surface area contributed by atoms with Crippen LogP contribution >= 0.6 is 11.3 Å². The van der Waals surface area contributed by atoms with Crippen LogP contribution in [0.3, 0.4) is 0 Å². The van der Waals surface area contributed by atoms with Crippen LogP contribution in [0.1, 0.15) is 43.5 Å². The number of thiazole rings is 1. The Morgan fingerprint density at radius 1 is 1.24 bits per heavy atom. The van der Waals surface area contributed by atoms with Gasteiger partial charge in [0.1, 0.15) is 0 Å². The Hall–Kier alpha value is -2.14. The molecule has 4 nitrogen and oxygen atoms in total. The van der Waals surface area contributed by atoms with Crippen molar-refractivity contribution in [3.8, 4) is 0 Å². The second-order valence-corrected chi connectivity index (χ2v) is 8.28. The van der Waals surface area contributed by atoms with E-state index in [0.29, 0.717) is 19.4 Å². The fraction of sp³-hybridized carbons (Fsp3) is 0.400. The van der Waals surface area contributed by atoms with Gasteiger partial charge >= 0.3 is 0 Å². The highest BCUT2D eigenvalue weighted by atomic mass is 32.1. The summed E-state index contributed by atoms with van der Waals surface area (Å²) < 4.78 is 0. The maximum Gasteiger partial charge on any atom is 0.220 e. The molecule has 2 aromatic heterocycles. The molecule has 3 rings (SSSR count). The van der Waals surface area contributed by atoms with Crippen LogP contribution in [-0.2, 0) is 23.1 Å². The molecule has 3 aromatic rings. The van der Waals surface area contributed by atoms with Crippen molar-refractivity contribution in [3.05, 3.63) is 52.1 Å². The molecule has 0 unspecified atom stereocenters. The molecule has 0 radical (unpaired) electrons. The number of benzene rings is 1. The molecule has 0 saturated heterocycles. The minimum absolute atomic E-state index is 0.0658. The molecule has 5 heteroatoms. The van der Waals surface area contributed by atoms with Crippen LogP contribution in [0.15, 0.2) is 35.8 Å². The number of aromatic nitrogens is 2. The highest BCUT2D eigenvalue weighted by Gasteiger charge is 2.17. The molecule has 2 heterocycles. The number of rotatable bonds is 6. The molecular formula is C20H25N3OS. The lowest BCUT2D eigenvalue weighted by Gasteiger charge is -2.14. The molecular weight excluding hydrogens is 330 g/mol. The predicted molar refractivity (Wildman–Crippen MR) is 104 cm³/mol. The van der Waals surface area contributed by atoms with Gasteiger partial charge in [0.05, 0.1) is 10.7 Å². The van der Waals surface area contributed by atoms with Crippen LogP contribution in [-0.4, -0.2) is 22.4 Å². The van der Waals surface area contributed by atoms with Crippen LogP contribution < -0.4 is 5.32 Å². The van der Waals surface area contributed by atoms with Gasteiger partial charge < -0.3 is 10.3 Å². The summed E-state index contributed by atoms with van der Waals surface area (Å²) in [4.78, 5) is 20.0. The average Bonchev–Trinajstić information content (AvgIpc) is 3.20. The number of amides is 1. The summed E-state index contributed by atoms with van der Waals surface area (Å²) in [5.74, 6) is 0.0901. The van der Waals surface area contributed by atoms with E-state index < -0.39 is 0 Å². The number of hydrogen-bond donors (Lipinski definition) is 2. The molecule has 2 N–H and O–H groups in total. The van der Waals surface area contributed by atoms with E-state index in [1.54, 1.807) is 11.3 Å². The third kappa shape index (κ3) is 4.48. The zero-order chi connectivity index (χ0) is 17.9. The predicted octanol–water partition coefficient (Wildman–Crippen LogP) is 4.21. The quantitative estimate of drug-likeness (QED) is 0.696. The Labute approximate surface area is 152 Å². The first-order chi connectivity index (χ1) is 11.9. The van der Waals surface area contributed by atoms with Gasteiger partial charge in [-0.05, 0) is 18.1 Å². The van der Waals surface area contributed by atoms with E-state index in [1.165, 1.54) is 10.9 Å². The summed E-state index contributed by atoms with van der Waals surface area (Å²) in [6.45, 7) is 7.13. The lowest BCUT2D eigenvalue weighted by atomic mass is 9.93. The van der Waals surface area contributed by atoms with Gasteiger partial charge in [-0.15, -0.1) is 11.3 Å². The van der Waals surface area contributed by atoms with Gasteiger partial charge in [-0.3, -0.25) is 4.79 Å². The number of hydrogen-bond acceptors (Lipinski definition) is 3. The van der Waals surface area contributed by atoms with Crippen molar-refractivity contribution in [1.29, 1.82) is 0 Å². The van der Waals surface area contributed by atoms with E-state index in [0.717, 1.165) is 22.6 Å². The summed E-state index contributed by atoms with van der Waals surface area (Å²) in [5.41, 5.74) is 3.55. The van der Waals surface area contributed by atoms with E-state index in [9.17, 15) is 4.79 Å². The lowest BCUT2D eigenvalue weighted by Crippen LogP contribution is -2.25. The maximum atomic E-state index is 12.1. The third-order valence-corrected chi connectivity index (χ3v) is 5.19. The Bertz CT molecular complexity index is 857. The molecule has 0 atom stereocenters. The second kappa shape index (κ2) is 7.40. The number of nitrogens with zero attached hydrogens (tertiary/aromatic N) is 1. The Morgan fingerprint density at radius 3 is 2.80 bits per heavy atom. The van der Waals surface area contributed by atoms with Gasteiger partial charge in [-0.1, -0.05) is 39.0 Å². The zero-order valence-corrected chi connectivity index (χ0v) is 15.9. The van der Waals surface area contributed by atoms with Crippen LogP contribution in [0.5, 0.6) is 0 Å². The smallest absolute Gasteiger partial charge is 0.220 e. The van der Waals surface area contributed by atoms with Crippen molar-refractivity contribution in [2.24, 2.45) is 0 Å². The minimum atomic E-state index is 0.0658.